The number of rotatable bonds is 1. The van der Waals surface area contributed by atoms with Crippen LogP contribution in [0.2, 0.25) is 0 Å². The van der Waals surface area contributed by atoms with Crippen LogP contribution in [-0.4, -0.2) is 46.9 Å². The molecule has 0 unspecified atom stereocenters. The fraction of sp³-hybridized carbons (Fsp3) is 0.579. The molecule has 0 spiro atoms. The number of nitrogens with one attached hydrogen (secondary N) is 3. The van der Waals surface area contributed by atoms with Gasteiger partial charge < -0.3 is 20.8 Å². The summed E-state index contributed by atoms with van der Waals surface area (Å²) in [6, 6.07) is 4.31. The number of hydrogen-bond donors (Lipinski definition) is 5. The van der Waals surface area contributed by atoms with E-state index in [1.54, 1.807) is 18.2 Å². The normalized spacial score (nSPS) is 33.0. The summed E-state index contributed by atoms with van der Waals surface area (Å²) in [5.74, 6) is -0.330. The number of hydrogen-bond acceptors (Lipinski definition) is 5. The third-order valence-electron chi connectivity index (χ3n) is 6.02. The van der Waals surface area contributed by atoms with Gasteiger partial charge in [-0.15, -0.1) is 0 Å². The Morgan fingerprint density at radius 2 is 1.96 bits per heavy atom. The van der Waals surface area contributed by atoms with Crippen molar-refractivity contribution in [2.24, 2.45) is 0 Å². The molecule has 26 heavy (non-hydrogen) atoms. The van der Waals surface area contributed by atoms with E-state index in [1.165, 1.54) is 0 Å². The van der Waals surface area contributed by atoms with Gasteiger partial charge in [0.25, 0.3) is 0 Å². The zero-order chi connectivity index (χ0) is 18.9. The van der Waals surface area contributed by atoms with Crippen molar-refractivity contribution in [3.63, 3.8) is 0 Å². The smallest absolute Gasteiger partial charge is 0.321 e. The average molecular weight is 361 g/mol. The van der Waals surface area contributed by atoms with Crippen molar-refractivity contribution in [3.05, 3.63) is 29.3 Å². The second-order valence-electron chi connectivity index (χ2n) is 7.52. The molecule has 2 aliphatic rings. The second kappa shape index (κ2) is 6.89. The van der Waals surface area contributed by atoms with Crippen LogP contribution in [0.3, 0.4) is 0 Å². The number of aliphatic hydroxyl groups is 1. The molecule has 3 amide bonds. The van der Waals surface area contributed by atoms with Crippen LogP contribution >= 0.6 is 0 Å². The molecule has 0 aliphatic carbocycles. The van der Waals surface area contributed by atoms with Gasteiger partial charge in [-0.1, -0.05) is 6.07 Å². The first-order chi connectivity index (χ1) is 12.3. The summed E-state index contributed by atoms with van der Waals surface area (Å²) in [6.07, 6.45) is 1.54. The second-order valence-corrected chi connectivity index (χ2v) is 7.52. The van der Waals surface area contributed by atoms with Crippen molar-refractivity contribution in [1.82, 2.24) is 16.0 Å². The standard InChI is InChI=1S/C19H27N3O4/c1-12-4-5-14(23)10-15(12)18-7-9-20-13(2)19(18,26)6-3-8-21-17(25)22-16(24)11-18/h4-5,10,13,20,23,26H,3,6-9,11H2,1-2H3,(H2,21,22,24,25)/t13-,18-,19-/m1/s1. The van der Waals surface area contributed by atoms with E-state index < -0.39 is 23.0 Å². The van der Waals surface area contributed by atoms with Crippen molar-refractivity contribution in [3.8, 4) is 5.75 Å². The molecule has 2 heterocycles. The van der Waals surface area contributed by atoms with Crippen molar-refractivity contribution >= 4 is 11.9 Å². The molecule has 1 aromatic carbocycles. The van der Waals surface area contributed by atoms with Crippen molar-refractivity contribution < 1.29 is 19.8 Å². The highest BCUT2D eigenvalue weighted by Crippen LogP contribution is 2.49. The lowest BCUT2D eigenvalue weighted by Crippen LogP contribution is -2.68. The summed E-state index contributed by atoms with van der Waals surface area (Å²) in [6.45, 7) is 4.86. The van der Waals surface area contributed by atoms with Gasteiger partial charge in [-0.2, -0.15) is 0 Å². The Morgan fingerprint density at radius 1 is 1.19 bits per heavy atom. The zero-order valence-corrected chi connectivity index (χ0v) is 15.3. The molecule has 0 bridgehead atoms. The third-order valence-corrected chi connectivity index (χ3v) is 6.02. The van der Waals surface area contributed by atoms with E-state index in [9.17, 15) is 19.8 Å². The Labute approximate surface area is 153 Å². The molecular formula is C19H27N3O4. The summed E-state index contributed by atoms with van der Waals surface area (Å²) in [5, 5.41) is 30.3. The van der Waals surface area contributed by atoms with Gasteiger partial charge in [0.05, 0.1) is 5.60 Å². The van der Waals surface area contributed by atoms with E-state index in [0.29, 0.717) is 32.4 Å². The molecule has 2 fully saturated rings. The maximum atomic E-state index is 12.6. The topological polar surface area (TPSA) is 111 Å². The van der Waals surface area contributed by atoms with Crippen molar-refractivity contribution in [2.75, 3.05) is 13.1 Å². The summed E-state index contributed by atoms with van der Waals surface area (Å²) < 4.78 is 0. The highest BCUT2D eigenvalue weighted by Gasteiger charge is 2.57. The summed E-state index contributed by atoms with van der Waals surface area (Å²) in [7, 11) is 0. The van der Waals surface area contributed by atoms with Gasteiger partial charge in [0.1, 0.15) is 5.75 Å². The lowest BCUT2D eigenvalue weighted by atomic mass is 9.56. The number of phenolic OH excluding ortho intramolecular Hbond substituents is 1. The number of benzene rings is 1. The van der Waals surface area contributed by atoms with E-state index >= 15 is 0 Å². The van der Waals surface area contributed by atoms with Gasteiger partial charge in [-0.25, -0.2) is 4.79 Å². The summed E-state index contributed by atoms with van der Waals surface area (Å²) >= 11 is 0. The molecule has 7 heteroatoms. The fourth-order valence-electron chi connectivity index (χ4n) is 4.64. The number of aromatic hydroxyl groups is 1. The Morgan fingerprint density at radius 3 is 2.73 bits per heavy atom. The first-order valence-electron chi connectivity index (χ1n) is 9.12. The Bertz CT molecular complexity index is 723. The molecule has 3 atom stereocenters. The molecule has 2 saturated heterocycles. The van der Waals surface area contributed by atoms with E-state index in [0.717, 1.165) is 11.1 Å². The molecule has 142 valence electrons. The maximum Gasteiger partial charge on any atom is 0.321 e. The number of imide groups is 1. The SMILES string of the molecule is Cc1ccc(O)cc1[C@]12CCN[C@H](C)[C@]1(O)CCCNC(=O)NC(=O)C2. The van der Waals surface area contributed by atoms with Crippen LogP contribution in [0.25, 0.3) is 0 Å². The van der Waals surface area contributed by atoms with E-state index in [2.05, 4.69) is 16.0 Å². The van der Waals surface area contributed by atoms with Crippen LogP contribution in [0, 0.1) is 6.92 Å². The Hall–Kier alpha value is -2.12. The Kier molecular flexibility index (Phi) is 4.94. The summed E-state index contributed by atoms with van der Waals surface area (Å²) in [5.41, 5.74) is -0.403. The minimum atomic E-state index is -1.19. The quantitative estimate of drug-likeness (QED) is 0.514. The number of urea groups is 1. The van der Waals surface area contributed by atoms with Crippen LogP contribution in [0.5, 0.6) is 5.75 Å². The van der Waals surface area contributed by atoms with Gasteiger partial charge in [0.2, 0.25) is 5.91 Å². The first kappa shape index (κ1) is 18.7. The van der Waals surface area contributed by atoms with Gasteiger partial charge in [-0.3, -0.25) is 10.1 Å². The average Bonchev–Trinajstić information content (AvgIpc) is 2.58. The third kappa shape index (κ3) is 3.05. The number of carbonyl (C=O) groups excluding carboxylic acids is 2. The van der Waals surface area contributed by atoms with Gasteiger partial charge in [-0.05, 0) is 62.9 Å². The van der Waals surface area contributed by atoms with Gasteiger partial charge in [0.15, 0.2) is 0 Å². The number of piperidine rings is 1. The molecular weight excluding hydrogens is 334 g/mol. The van der Waals surface area contributed by atoms with Crippen LogP contribution in [0.1, 0.15) is 43.7 Å². The van der Waals surface area contributed by atoms with E-state index in [1.807, 2.05) is 13.8 Å². The van der Waals surface area contributed by atoms with Gasteiger partial charge in [0, 0.05) is 24.4 Å². The molecule has 1 aromatic rings. The highest BCUT2D eigenvalue weighted by molar-refractivity contribution is 5.95. The number of fused-ring (bicyclic) bond motifs is 1. The highest BCUT2D eigenvalue weighted by atomic mass is 16.3. The molecule has 3 rings (SSSR count). The van der Waals surface area contributed by atoms with Crippen LogP contribution in [0.15, 0.2) is 18.2 Å². The minimum Gasteiger partial charge on any atom is -0.508 e. The van der Waals surface area contributed by atoms with Crippen molar-refractivity contribution in [2.45, 2.75) is 56.6 Å². The van der Waals surface area contributed by atoms with Crippen molar-refractivity contribution in [1.29, 1.82) is 0 Å². The van der Waals surface area contributed by atoms with E-state index in [-0.39, 0.29) is 18.2 Å². The predicted molar refractivity (Wildman–Crippen MR) is 96.9 cm³/mol. The summed E-state index contributed by atoms with van der Waals surface area (Å²) in [4.78, 5) is 24.4. The van der Waals surface area contributed by atoms with Crippen LogP contribution < -0.4 is 16.0 Å². The Balaban J connectivity index is 2.18. The van der Waals surface area contributed by atoms with E-state index in [4.69, 9.17) is 0 Å². The maximum absolute atomic E-state index is 12.6. The number of aryl methyl sites for hydroxylation is 1. The fourth-order valence-corrected chi connectivity index (χ4v) is 4.64. The number of amides is 3. The molecule has 0 saturated carbocycles. The lowest BCUT2D eigenvalue weighted by molar-refractivity contribution is -0.132. The molecule has 0 aromatic heterocycles. The zero-order valence-electron chi connectivity index (χ0n) is 15.3. The molecule has 7 nitrogen and oxygen atoms in total. The van der Waals surface area contributed by atoms with Crippen LogP contribution in [0.4, 0.5) is 4.79 Å². The minimum absolute atomic E-state index is 0.0206. The number of phenols is 1. The predicted octanol–water partition coefficient (Wildman–Crippen LogP) is 1.06. The molecule has 0 radical (unpaired) electrons. The van der Waals surface area contributed by atoms with Gasteiger partial charge >= 0.3 is 6.03 Å². The molecule has 5 N–H and O–H groups in total. The van der Waals surface area contributed by atoms with Crippen LogP contribution in [-0.2, 0) is 10.2 Å². The molecule has 2 aliphatic heterocycles. The number of carbonyl (C=O) groups is 2. The lowest BCUT2D eigenvalue weighted by Gasteiger charge is -2.55. The monoisotopic (exact) mass is 361 g/mol. The largest absolute Gasteiger partial charge is 0.508 e. The first-order valence-corrected chi connectivity index (χ1v) is 9.12.